The van der Waals surface area contributed by atoms with Crippen LogP contribution in [-0.2, 0) is 0 Å². The second-order valence-electron chi connectivity index (χ2n) is 6.99. The van der Waals surface area contributed by atoms with Crippen LogP contribution in [0.4, 0.5) is 5.69 Å². The summed E-state index contributed by atoms with van der Waals surface area (Å²) in [5.41, 5.74) is 2.24. The molecular formula is C23H18N2O5S2. The fraction of sp³-hybridized carbons (Fsp3) is 0.0870. The van der Waals surface area contributed by atoms with Crippen LogP contribution in [0.15, 0.2) is 63.8 Å². The van der Waals surface area contributed by atoms with Crippen LogP contribution < -0.4 is 16.1 Å². The minimum absolute atomic E-state index is 0.00920. The number of carboxylic acid groups (broad SMARTS) is 1. The Morgan fingerprint density at radius 1 is 1.06 bits per heavy atom. The molecule has 0 unspecified atom stereocenters. The SMILES string of the molecule is O=C(O)c1cc(NC(=S)NCCS)ccc1-c1c2ccc(=O)cc-2oc2cc(O)ccc12. The van der Waals surface area contributed by atoms with Crippen molar-refractivity contribution >= 4 is 52.6 Å². The molecule has 0 fully saturated rings. The fourth-order valence-corrected chi connectivity index (χ4v) is 3.84. The van der Waals surface area contributed by atoms with Crippen LogP contribution >= 0.6 is 24.8 Å². The predicted molar refractivity (Wildman–Crippen MR) is 131 cm³/mol. The molecule has 1 heterocycles. The molecule has 0 bridgehead atoms. The maximum Gasteiger partial charge on any atom is 0.336 e. The normalized spacial score (nSPS) is 10.9. The van der Waals surface area contributed by atoms with E-state index in [4.69, 9.17) is 16.6 Å². The molecule has 0 radical (unpaired) electrons. The summed E-state index contributed by atoms with van der Waals surface area (Å²) < 4.78 is 5.83. The Kier molecular flexibility index (Phi) is 6.02. The Hall–Kier alpha value is -3.56. The van der Waals surface area contributed by atoms with Crippen LogP contribution in [0.25, 0.3) is 33.4 Å². The van der Waals surface area contributed by atoms with Gasteiger partial charge in [-0.2, -0.15) is 12.6 Å². The number of carbonyl (C=O) groups is 1. The van der Waals surface area contributed by atoms with Crippen LogP contribution in [0.3, 0.4) is 0 Å². The zero-order chi connectivity index (χ0) is 22.8. The van der Waals surface area contributed by atoms with Crippen molar-refractivity contribution in [2.45, 2.75) is 0 Å². The highest BCUT2D eigenvalue weighted by atomic mass is 32.1. The summed E-state index contributed by atoms with van der Waals surface area (Å²) in [5.74, 6) is -0.244. The minimum Gasteiger partial charge on any atom is -0.508 e. The Morgan fingerprint density at radius 3 is 2.59 bits per heavy atom. The van der Waals surface area contributed by atoms with Gasteiger partial charge in [-0.3, -0.25) is 4.79 Å². The Labute approximate surface area is 193 Å². The molecule has 0 aromatic heterocycles. The van der Waals surface area contributed by atoms with E-state index in [1.54, 1.807) is 24.3 Å². The number of phenolic OH excluding ortho intramolecular Hbond substituents is 1. The molecule has 4 N–H and O–H groups in total. The average molecular weight is 467 g/mol. The Morgan fingerprint density at radius 2 is 1.84 bits per heavy atom. The van der Waals surface area contributed by atoms with Gasteiger partial charge in [-0.15, -0.1) is 0 Å². The number of thiocarbonyl (C=S) groups is 1. The maximum atomic E-state index is 12.2. The molecule has 0 amide bonds. The lowest BCUT2D eigenvalue weighted by molar-refractivity contribution is 0.0698. The average Bonchev–Trinajstić information content (AvgIpc) is 2.76. The second kappa shape index (κ2) is 8.89. The van der Waals surface area contributed by atoms with E-state index in [0.29, 0.717) is 56.5 Å². The molecule has 4 rings (SSSR count). The lowest BCUT2D eigenvalue weighted by atomic mass is 9.90. The molecule has 162 valence electrons. The molecule has 32 heavy (non-hydrogen) atoms. The largest absolute Gasteiger partial charge is 0.508 e. The standard InChI is InChI=1S/C23H18N2O5S2/c26-13-2-5-16-19(10-13)30-20-11-14(27)3-6-17(20)21(16)15-4-1-12(9-18(15)22(28)29)25-23(32)24-7-8-31/h1-6,9-11,26,31H,7-8H2,(H,28,29)(H2,24,25,32). The molecule has 0 spiro atoms. The van der Waals surface area contributed by atoms with Gasteiger partial charge >= 0.3 is 5.97 Å². The van der Waals surface area contributed by atoms with Crippen LogP contribution in [0.5, 0.6) is 5.75 Å². The highest BCUT2D eigenvalue weighted by molar-refractivity contribution is 7.80. The van der Waals surface area contributed by atoms with Crippen molar-refractivity contribution in [2.24, 2.45) is 0 Å². The van der Waals surface area contributed by atoms with Gasteiger partial charge in [-0.1, -0.05) is 6.07 Å². The van der Waals surface area contributed by atoms with Crippen LogP contribution in [0.1, 0.15) is 10.4 Å². The van der Waals surface area contributed by atoms with E-state index in [-0.39, 0.29) is 16.7 Å². The van der Waals surface area contributed by atoms with Crippen molar-refractivity contribution in [3.63, 3.8) is 0 Å². The molecule has 0 saturated carbocycles. The van der Waals surface area contributed by atoms with Gasteiger partial charge in [0.15, 0.2) is 10.5 Å². The van der Waals surface area contributed by atoms with Gasteiger partial charge in [0, 0.05) is 46.6 Å². The van der Waals surface area contributed by atoms with Crippen molar-refractivity contribution in [1.82, 2.24) is 5.32 Å². The lowest BCUT2D eigenvalue weighted by Gasteiger charge is -2.18. The number of benzene rings is 3. The quantitative estimate of drug-likeness (QED) is 0.169. The first-order chi connectivity index (χ1) is 15.4. The van der Waals surface area contributed by atoms with Crippen molar-refractivity contribution < 1.29 is 19.4 Å². The monoisotopic (exact) mass is 466 g/mol. The third-order valence-corrected chi connectivity index (χ3v) is 5.32. The fourth-order valence-electron chi connectivity index (χ4n) is 3.51. The zero-order valence-electron chi connectivity index (χ0n) is 16.6. The number of aromatic hydroxyl groups is 1. The first-order valence-electron chi connectivity index (χ1n) is 9.60. The number of hydrogen-bond acceptors (Lipinski definition) is 6. The molecule has 2 aromatic carbocycles. The van der Waals surface area contributed by atoms with Crippen molar-refractivity contribution in [3.05, 3.63) is 70.4 Å². The topological polar surface area (TPSA) is 112 Å². The maximum absolute atomic E-state index is 12.2. The number of rotatable bonds is 5. The zero-order valence-corrected chi connectivity index (χ0v) is 18.3. The molecule has 2 aromatic rings. The molecular weight excluding hydrogens is 448 g/mol. The van der Waals surface area contributed by atoms with E-state index < -0.39 is 5.97 Å². The van der Waals surface area contributed by atoms with Gasteiger partial charge < -0.3 is 25.3 Å². The number of aromatic carboxylic acids is 1. The second-order valence-corrected chi connectivity index (χ2v) is 7.84. The van der Waals surface area contributed by atoms with Crippen LogP contribution in [-0.4, -0.2) is 33.6 Å². The van der Waals surface area contributed by atoms with Gasteiger partial charge in [-0.05, 0) is 54.2 Å². The number of carboxylic acids is 1. The summed E-state index contributed by atoms with van der Waals surface area (Å²) in [4.78, 5) is 24.1. The van der Waals surface area contributed by atoms with Gasteiger partial charge in [0.1, 0.15) is 17.1 Å². The van der Waals surface area contributed by atoms with Gasteiger partial charge in [0.05, 0.1) is 5.56 Å². The third kappa shape index (κ3) is 4.25. The summed E-state index contributed by atoms with van der Waals surface area (Å²) in [7, 11) is 0. The number of nitrogens with one attached hydrogen (secondary N) is 2. The number of hydrogen-bond donors (Lipinski definition) is 5. The molecule has 1 aliphatic heterocycles. The summed E-state index contributed by atoms with van der Waals surface area (Å²) >= 11 is 9.34. The van der Waals surface area contributed by atoms with E-state index in [0.717, 1.165) is 0 Å². The van der Waals surface area contributed by atoms with Crippen molar-refractivity contribution in [2.75, 3.05) is 17.6 Å². The third-order valence-electron chi connectivity index (χ3n) is 4.85. The molecule has 1 aliphatic carbocycles. The molecule has 9 heteroatoms. The summed E-state index contributed by atoms with van der Waals surface area (Å²) in [6, 6.07) is 13.8. The van der Waals surface area contributed by atoms with E-state index in [1.807, 2.05) is 0 Å². The first-order valence-corrected chi connectivity index (χ1v) is 10.6. The van der Waals surface area contributed by atoms with Crippen molar-refractivity contribution in [1.29, 1.82) is 0 Å². The van der Waals surface area contributed by atoms with Crippen LogP contribution in [0, 0.1) is 0 Å². The molecule has 0 atom stereocenters. The highest BCUT2D eigenvalue weighted by Crippen LogP contribution is 2.42. The molecule has 7 nitrogen and oxygen atoms in total. The van der Waals surface area contributed by atoms with Crippen molar-refractivity contribution in [3.8, 4) is 28.2 Å². The van der Waals surface area contributed by atoms with E-state index in [9.17, 15) is 19.8 Å². The smallest absolute Gasteiger partial charge is 0.336 e. The number of anilines is 1. The molecule has 2 aliphatic rings. The lowest BCUT2D eigenvalue weighted by Crippen LogP contribution is -2.30. The molecule has 0 saturated heterocycles. The van der Waals surface area contributed by atoms with Crippen LogP contribution in [0.2, 0.25) is 0 Å². The summed E-state index contributed by atoms with van der Waals surface area (Å²) in [6.07, 6.45) is 0. The number of phenols is 1. The van der Waals surface area contributed by atoms with Gasteiger partial charge in [0.2, 0.25) is 0 Å². The number of fused-ring (bicyclic) bond motifs is 2. The van der Waals surface area contributed by atoms with E-state index >= 15 is 0 Å². The number of thiol groups is 1. The summed E-state index contributed by atoms with van der Waals surface area (Å²) in [6.45, 7) is 0.568. The van der Waals surface area contributed by atoms with E-state index in [2.05, 4.69) is 23.3 Å². The highest BCUT2D eigenvalue weighted by Gasteiger charge is 2.22. The van der Waals surface area contributed by atoms with Gasteiger partial charge in [-0.25, -0.2) is 4.79 Å². The Balaban J connectivity index is 1.94. The summed E-state index contributed by atoms with van der Waals surface area (Å²) in [5, 5.41) is 26.7. The predicted octanol–water partition coefficient (Wildman–Crippen LogP) is 4.18. The van der Waals surface area contributed by atoms with E-state index in [1.165, 1.54) is 30.3 Å². The Bertz CT molecular complexity index is 1380. The van der Waals surface area contributed by atoms with Gasteiger partial charge in [0.25, 0.3) is 0 Å². The first kappa shape index (κ1) is 21.7. The minimum atomic E-state index is -1.13.